The van der Waals surface area contributed by atoms with Crippen LogP contribution in [-0.4, -0.2) is 29.6 Å². The molecule has 2 heterocycles. The molecule has 0 bridgehead atoms. The van der Waals surface area contributed by atoms with Crippen molar-refractivity contribution in [3.8, 4) is 11.5 Å². The number of carbonyl (C=O) groups is 2. The van der Waals surface area contributed by atoms with Gasteiger partial charge in [0.05, 0.1) is 24.0 Å². The number of aromatic hydroxyl groups is 1. The van der Waals surface area contributed by atoms with Gasteiger partial charge in [-0.15, -0.1) is 0 Å². The van der Waals surface area contributed by atoms with Crippen LogP contribution in [0.15, 0.2) is 66.7 Å². The Bertz CT molecular complexity index is 1270. The highest BCUT2D eigenvalue weighted by Gasteiger charge is 2.60. The van der Waals surface area contributed by atoms with Crippen molar-refractivity contribution in [2.45, 2.75) is 26.0 Å². The van der Waals surface area contributed by atoms with E-state index in [0.717, 1.165) is 0 Å². The van der Waals surface area contributed by atoms with Gasteiger partial charge in [-0.05, 0) is 61.4 Å². The lowest BCUT2D eigenvalue weighted by atomic mass is 9.90. The molecule has 2 fully saturated rings. The monoisotopic (exact) mass is 478 g/mol. The van der Waals surface area contributed by atoms with Crippen LogP contribution in [-0.2, 0) is 14.4 Å². The molecule has 3 aromatic carbocycles. The van der Waals surface area contributed by atoms with Crippen molar-refractivity contribution in [1.82, 2.24) is 0 Å². The number of hydrogen-bond acceptors (Lipinski definition) is 6. The molecule has 3 aromatic rings. The molecule has 2 saturated heterocycles. The van der Waals surface area contributed by atoms with Crippen molar-refractivity contribution in [3.05, 3.63) is 82.9 Å². The van der Waals surface area contributed by atoms with E-state index in [0.29, 0.717) is 39.9 Å². The maximum atomic E-state index is 13.8. The fourth-order valence-corrected chi connectivity index (χ4v) is 4.78. The van der Waals surface area contributed by atoms with Gasteiger partial charge in [-0.1, -0.05) is 41.9 Å². The fourth-order valence-electron chi connectivity index (χ4n) is 4.61. The Morgan fingerprint density at radius 3 is 2.53 bits per heavy atom. The first-order valence-electron chi connectivity index (χ1n) is 11.0. The molecule has 3 atom stereocenters. The van der Waals surface area contributed by atoms with E-state index in [-0.39, 0.29) is 11.7 Å². The fraction of sp³-hybridized carbons (Fsp3) is 0.231. The number of amides is 2. The number of ether oxygens (including phenoxy) is 1. The van der Waals surface area contributed by atoms with Crippen LogP contribution in [0.1, 0.15) is 24.1 Å². The molecule has 2 amide bonds. The quantitative estimate of drug-likeness (QED) is 0.530. The molecule has 0 radical (unpaired) electrons. The summed E-state index contributed by atoms with van der Waals surface area (Å²) in [5.74, 6) is -1.30. The number of benzene rings is 3. The average Bonchev–Trinajstić information content (AvgIpc) is 3.34. The standard InChI is InChI=1S/C26H23ClN2O5/c1-3-33-21-14-16(12-13-20(21)30)23-22-24(34-29(23)17-8-5-4-6-9-17)26(32)28(25(22)31)19-11-7-10-18(27)15(19)2/h4-14,22-24,30H,3H2,1-2H3/t22-,23+,24+/m1/s1. The number of nitrogens with zero attached hydrogens (tertiary/aromatic N) is 2. The molecule has 0 unspecified atom stereocenters. The SMILES string of the molecule is CCOc1cc([C@H]2[C@H]3C(=O)N(c4cccc(Cl)c4C)C(=O)[C@H]3ON2c2ccccc2)ccc1O. The highest BCUT2D eigenvalue weighted by molar-refractivity contribution is 6.32. The highest BCUT2D eigenvalue weighted by atomic mass is 35.5. The Hall–Kier alpha value is -3.55. The van der Waals surface area contributed by atoms with E-state index in [1.54, 1.807) is 42.3 Å². The van der Waals surface area contributed by atoms with Gasteiger partial charge >= 0.3 is 0 Å². The number of hydrogen-bond donors (Lipinski definition) is 1. The van der Waals surface area contributed by atoms with Crippen LogP contribution in [0.3, 0.4) is 0 Å². The molecule has 1 N–H and O–H groups in total. The topological polar surface area (TPSA) is 79.3 Å². The number of anilines is 2. The number of carbonyl (C=O) groups excluding carboxylic acids is 2. The lowest BCUT2D eigenvalue weighted by Crippen LogP contribution is -2.37. The second-order valence-corrected chi connectivity index (χ2v) is 8.62. The van der Waals surface area contributed by atoms with Gasteiger partial charge in [0.15, 0.2) is 17.6 Å². The summed E-state index contributed by atoms with van der Waals surface area (Å²) in [6.07, 6.45) is -1.000. The first-order chi connectivity index (χ1) is 16.4. The summed E-state index contributed by atoms with van der Waals surface area (Å²) in [5, 5.41) is 12.3. The van der Waals surface area contributed by atoms with Crippen LogP contribution in [0.25, 0.3) is 0 Å². The van der Waals surface area contributed by atoms with E-state index in [9.17, 15) is 14.7 Å². The third-order valence-electron chi connectivity index (χ3n) is 6.23. The van der Waals surface area contributed by atoms with Crippen LogP contribution >= 0.6 is 11.6 Å². The zero-order valence-electron chi connectivity index (χ0n) is 18.6. The van der Waals surface area contributed by atoms with Crippen molar-refractivity contribution in [1.29, 1.82) is 0 Å². The lowest BCUT2D eigenvalue weighted by Gasteiger charge is -2.29. The first kappa shape index (κ1) is 22.3. The summed E-state index contributed by atoms with van der Waals surface area (Å²) in [5.41, 5.74) is 2.49. The van der Waals surface area contributed by atoms with Gasteiger partial charge in [-0.2, -0.15) is 0 Å². The third kappa shape index (κ3) is 3.48. The zero-order chi connectivity index (χ0) is 24.0. The maximum absolute atomic E-state index is 13.8. The summed E-state index contributed by atoms with van der Waals surface area (Å²) in [7, 11) is 0. The van der Waals surface area contributed by atoms with E-state index in [2.05, 4.69) is 0 Å². The predicted molar refractivity (Wildman–Crippen MR) is 128 cm³/mol. The van der Waals surface area contributed by atoms with Gasteiger partial charge in [-0.25, -0.2) is 9.96 Å². The van der Waals surface area contributed by atoms with Gasteiger partial charge in [0, 0.05) is 5.02 Å². The molecule has 174 valence electrons. The third-order valence-corrected chi connectivity index (χ3v) is 6.64. The Morgan fingerprint density at radius 1 is 1.03 bits per heavy atom. The summed E-state index contributed by atoms with van der Waals surface area (Å²) < 4.78 is 5.57. The minimum absolute atomic E-state index is 0.00247. The molecule has 34 heavy (non-hydrogen) atoms. The number of imide groups is 1. The number of para-hydroxylation sites is 1. The molecular weight excluding hydrogens is 456 g/mol. The molecule has 2 aliphatic heterocycles. The Kier molecular flexibility index (Phi) is 5.67. The molecule has 7 nitrogen and oxygen atoms in total. The van der Waals surface area contributed by atoms with Gasteiger partial charge in [0.25, 0.3) is 5.91 Å². The second kappa shape index (κ2) is 8.66. The zero-order valence-corrected chi connectivity index (χ0v) is 19.4. The number of rotatable bonds is 5. The van der Waals surface area contributed by atoms with Crippen LogP contribution in [0, 0.1) is 12.8 Å². The maximum Gasteiger partial charge on any atom is 0.266 e. The molecule has 0 saturated carbocycles. The Morgan fingerprint density at radius 2 is 1.79 bits per heavy atom. The number of halogens is 1. The second-order valence-electron chi connectivity index (χ2n) is 8.21. The van der Waals surface area contributed by atoms with Crippen LogP contribution < -0.4 is 14.7 Å². The largest absolute Gasteiger partial charge is 0.504 e. The number of hydroxylamine groups is 1. The first-order valence-corrected chi connectivity index (χ1v) is 11.4. The lowest BCUT2D eigenvalue weighted by molar-refractivity contribution is -0.126. The van der Waals surface area contributed by atoms with Crippen molar-refractivity contribution in [3.63, 3.8) is 0 Å². The number of phenolic OH excluding ortho intramolecular Hbond substituents is 1. The molecular formula is C26H23ClN2O5. The van der Waals surface area contributed by atoms with E-state index < -0.39 is 24.0 Å². The van der Waals surface area contributed by atoms with E-state index in [1.165, 1.54) is 11.0 Å². The van der Waals surface area contributed by atoms with Crippen LogP contribution in [0.5, 0.6) is 11.5 Å². The van der Waals surface area contributed by atoms with Crippen LogP contribution in [0.2, 0.25) is 5.02 Å². The smallest absolute Gasteiger partial charge is 0.266 e. The summed E-state index contributed by atoms with van der Waals surface area (Å²) in [6.45, 7) is 3.96. The number of phenols is 1. The molecule has 0 spiro atoms. The van der Waals surface area contributed by atoms with Gasteiger partial charge < -0.3 is 9.84 Å². The van der Waals surface area contributed by atoms with E-state index in [4.69, 9.17) is 21.2 Å². The predicted octanol–water partition coefficient (Wildman–Crippen LogP) is 4.80. The van der Waals surface area contributed by atoms with E-state index >= 15 is 0 Å². The minimum Gasteiger partial charge on any atom is -0.504 e. The highest BCUT2D eigenvalue weighted by Crippen LogP contribution is 2.49. The molecule has 0 aromatic heterocycles. The number of fused-ring (bicyclic) bond motifs is 1. The minimum atomic E-state index is -1.000. The van der Waals surface area contributed by atoms with Crippen LogP contribution in [0.4, 0.5) is 11.4 Å². The van der Waals surface area contributed by atoms with Gasteiger partial charge in [-0.3, -0.25) is 14.4 Å². The normalized spacial score (nSPS) is 21.8. The van der Waals surface area contributed by atoms with Crippen molar-refractivity contribution < 1.29 is 24.3 Å². The molecule has 0 aliphatic carbocycles. The van der Waals surface area contributed by atoms with Crippen molar-refractivity contribution >= 4 is 34.8 Å². The molecule has 5 rings (SSSR count). The summed E-state index contributed by atoms with van der Waals surface area (Å²) >= 11 is 6.27. The summed E-state index contributed by atoms with van der Waals surface area (Å²) in [6, 6.07) is 18.7. The van der Waals surface area contributed by atoms with Gasteiger partial charge in [0.2, 0.25) is 5.91 Å². The Labute approximate surface area is 202 Å². The Balaban J connectivity index is 1.61. The van der Waals surface area contributed by atoms with Crippen molar-refractivity contribution in [2.75, 3.05) is 16.6 Å². The molecule has 8 heteroatoms. The summed E-state index contributed by atoms with van der Waals surface area (Å²) in [4.78, 5) is 34.6. The van der Waals surface area contributed by atoms with Gasteiger partial charge in [0.1, 0.15) is 5.92 Å². The molecule has 2 aliphatic rings. The average molecular weight is 479 g/mol. The van der Waals surface area contributed by atoms with E-state index in [1.807, 2.05) is 37.3 Å². The van der Waals surface area contributed by atoms with Crippen molar-refractivity contribution in [2.24, 2.45) is 5.92 Å².